The minimum atomic E-state index is -0.342. The number of nitro benzene ring substituents is 1. The normalized spacial score (nSPS) is 40.1. The number of benzene rings is 1. The summed E-state index contributed by atoms with van der Waals surface area (Å²) in [6, 6.07) is 7.02. The van der Waals surface area contributed by atoms with Crippen LogP contribution in [0, 0.1) is 20.9 Å². The standard InChI is InChI=1S/C18H23N3O3/c1-3-8-18-11-19-9-17(2,16(18)22)10-20(12-18)15(19)13-6-4-5-7-14(13)21(23)24/h4-7,15H,3,8-12H2,1-2H3. The highest BCUT2D eigenvalue weighted by Gasteiger charge is 2.63. The van der Waals surface area contributed by atoms with Crippen LogP contribution in [0.2, 0.25) is 0 Å². The first-order valence-electron chi connectivity index (χ1n) is 8.67. The van der Waals surface area contributed by atoms with Crippen molar-refractivity contribution in [2.75, 3.05) is 26.2 Å². The SMILES string of the molecule is CCCC12CN3CC(C)(CN(C1)C3c1ccccc1[N+](=O)[O-])C2=O. The molecule has 5 rings (SSSR count). The van der Waals surface area contributed by atoms with Gasteiger partial charge in [-0.3, -0.25) is 24.7 Å². The number of hydrogen-bond acceptors (Lipinski definition) is 5. The van der Waals surface area contributed by atoms with E-state index in [-0.39, 0.29) is 27.6 Å². The van der Waals surface area contributed by atoms with Gasteiger partial charge in [-0.25, -0.2) is 0 Å². The zero-order chi connectivity index (χ0) is 17.1. The van der Waals surface area contributed by atoms with Crippen molar-refractivity contribution in [1.82, 2.24) is 9.80 Å². The highest BCUT2D eigenvalue weighted by Crippen LogP contribution is 2.54. The van der Waals surface area contributed by atoms with Gasteiger partial charge in [0, 0.05) is 32.2 Å². The number of nitro groups is 1. The van der Waals surface area contributed by atoms with Crippen LogP contribution in [0.1, 0.15) is 38.4 Å². The summed E-state index contributed by atoms with van der Waals surface area (Å²) in [6.07, 6.45) is 1.80. The molecule has 0 saturated carbocycles. The third-order valence-corrected chi connectivity index (χ3v) is 5.98. The molecule has 2 unspecified atom stereocenters. The Bertz CT molecular complexity index is 701. The number of hydrogen-bond donors (Lipinski definition) is 0. The molecule has 24 heavy (non-hydrogen) atoms. The Hall–Kier alpha value is -1.79. The van der Waals surface area contributed by atoms with E-state index >= 15 is 0 Å². The van der Waals surface area contributed by atoms with E-state index in [1.807, 2.05) is 12.1 Å². The van der Waals surface area contributed by atoms with Crippen LogP contribution < -0.4 is 0 Å². The number of rotatable bonds is 4. The predicted octanol–water partition coefficient (Wildman–Crippen LogP) is 2.60. The number of carbonyl (C=O) groups is 1. The van der Waals surface area contributed by atoms with Gasteiger partial charge in [0.1, 0.15) is 5.78 Å². The van der Waals surface area contributed by atoms with Gasteiger partial charge in [0.25, 0.3) is 5.69 Å². The van der Waals surface area contributed by atoms with Crippen molar-refractivity contribution < 1.29 is 9.72 Å². The maximum absolute atomic E-state index is 13.1. The lowest BCUT2D eigenvalue weighted by Crippen LogP contribution is -2.76. The Morgan fingerprint density at radius 2 is 1.83 bits per heavy atom. The summed E-state index contributed by atoms with van der Waals surface area (Å²) in [5.41, 5.74) is 0.297. The molecule has 0 radical (unpaired) electrons. The molecule has 0 aromatic heterocycles. The second kappa shape index (κ2) is 5.10. The molecule has 128 valence electrons. The molecule has 0 spiro atoms. The lowest BCUT2D eigenvalue weighted by Gasteiger charge is -2.65. The highest BCUT2D eigenvalue weighted by molar-refractivity contribution is 5.93. The largest absolute Gasteiger partial charge is 0.298 e. The Labute approximate surface area is 141 Å². The Morgan fingerprint density at radius 3 is 2.42 bits per heavy atom. The van der Waals surface area contributed by atoms with Gasteiger partial charge in [-0.15, -0.1) is 0 Å². The molecule has 4 heterocycles. The van der Waals surface area contributed by atoms with Crippen LogP contribution in [0.15, 0.2) is 24.3 Å². The van der Waals surface area contributed by atoms with Crippen LogP contribution in [0.5, 0.6) is 0 Å². The van der Waals surface area contributed by atoms with Crippen molar-refractivity contribution in [2.24, 2.45) is 10.8 Å². The Kier molecular flexibility index (Phi) is 3.34. The zero-order valence-electron chi connectivity index (χ0n) is 14.2. The van der Waals surface area contributed by atoms with E-state index in [9.17, 15) is 14.9 Å². The summed E-state index contributed by atoms with van der Waals surface area (Å²) in [6.45, 7) is 7.03. The van der Waals surface area contributed by atoms with Crippen LogP contribution in [0.25, 0.3) is 0 Å². The van der Waals surface area contributed by atoms with E-state index in [1.165, 1.54) is 0 Å². The van der Waals surface area contributed by atoms with Crippen LogP contribution in [-0.4, -0.2) is 46.7 Å². The fourth-order valence-electron chi connectivity index (χ4n) is 5.41. The summed E-state index contributed by atoms with van der Waals surface area (Å²) < 4.78 is 0. The molecule has 2 atom stereocenters. The molecule has 1 aromatic carbocycles. The third-order valence-electron chi connectivity index (χ3n) is 5.98. The maximum atomic E-state index is 13.1. The third kappa shape index (κ3) is 1.99. The van der Waals surface area contributed by atoms with Crippen molar-refractivity contribution in [1.29, 1.82) is 0 Å². The minimum Gasteiger partial charge on any atom is -0.298 e. The van der Waals surface area contributed by atoms with E-state index in [0.717, 1.165) is 31.5 Å². The fourth-order valence-corrected chi connectivity index (χ4v) is 5.41. The second-order valence-electron chi connectivity index (χ2n) is 7.92. The van der Waals surface area contributed by atoms with Crippen LogP contribution >= 0.6 is 0 Å². The average molecular weight is 329 g/mol. The molecular formula is C18H23N3O3. The Balaban J connectivity index is 1.77. The highest BCUT2D eigenvalue weighted by atomic mass is 16.6. The number of nitrogens with zero attached hydrogens (tertiary/aromatic N) is 3. The van der Waals surface area contributed by atoms with Gasteiger partial charge in [0.15, 0.2) is 0 Å². The average Bonchev–Trinajstić information content (AvgIpc) is 2.52. The fraction of sp³-hybridized carbons (Fsp3) is 0.611. The first-order valence-corrected chi connectivity index (χ1v) is 8.67. The Morgan fingerprint density at radius 1 is 1.21 bits per heavy atom. The smallest absolute Gasteiger partial charge is 0.275 e. The summed E-state index contributed by atoms with van der Waals surface area (Å²) in [5, 5.41) is 11.5. The van der Waals surface area contributed by atoms with Crippen LogP contribution in [0.4, 0.5) is 5.69 Å². The molecular weight excluding hydrogens is 306 g/mol. The van der Waals surface area contributed by atoms with E-state index in [1.54, 1.807) is 12.1 Å². The van der Waals surface area contributed by atoms with Gasteiger partial charge in [0.05, 0.1) is 27.5 Å². The van der Waals surface area contributed by atoms with E-state index in [4.69, 9.17) is 0 Å². The van der Waals surface area contributed by atoms with Gasteiger partial charge in [-0.2, -0.15) is 0 Å². The van der Waals surface area contributed by atoms with Crippen molar-refractivity contribution >= 4 is 11.5 Å². The van der Waals surface area contributed by atoms with Gasteiger partial charge in [-0.05, 0) is 12.5 Å². The quantitative estimate of drug-likeness (QED) is 0.627. The monoisotopic (exact) mass is 329 g/mol. The number of para-hydroxylation sites is 1. The second-order valence-corrected chi connectivity index (χ2v) is 7.92. The molecule has 0 aliphatic carbocycles. The molecule has 4 fully saturated rings. The first kappa shape index (κ1) is 15.7. The molecule has 6 nitrogen and oxygen atoms in total. The van der Waals surface area contributed by atoms with Crippen molar-refractivity contribution in [3.63, 3.8) is 0 Å². The summed E-state index contributed by atoms with van der Waals surface area (Å²) in [4.78, 5) is 28.8. The molecule has 0 amide bonds. The van der Waals surface area contributed by atoms with E-state index in [0.29, 0.717) is 18.9 Å². The first-order chi connectivity index (χ1) is 11.4. The maximum Gasteiger partial charge on any atom is 0.275 e. The minimum absolute atomic E-state index is 0.0854. The molecule has 4 saturated heterocycles. The van der Waals surface area contributed by atoms with E-state index in [2.05, 4.69) is 23.6 Å². The topological polar surface area (TPSA) is 66.7 Å². The lowest BCUT2D eigenvalue weighted by atomic mass is 9.59. The summed E-state index contributed by atoms with van der Waals surface area (Å²) >= 11 is 0. The number of ketones is 1. The van der Waals surface area contributed by atoms with Crippen LogP contribution in [-0.2, 0) is 4.79 Å². The number of piperidine rings is 2. The van der Waals surface area contributed by atoms with Gasteiger partial charge in [0.2, 0.25) is 0 Å². The molecule has 4 aliphatic heterocycles. The summed E-state index contributed by atoms with van der Waals surface area (Å²) in [5.74, 6) is 0.408. The molecule has 1 aromatic rings. The lowest BCUT2D eigenvalue weighted by molar-refractivity contribution is -0.386. The van der Waals surface area contributed by atoms with Gasteiger partial charge >= 0.3 is 0 Å². The number of carbonyl (C=O) groups excluding carboxylic acids is 1. The van der Waals surface area contributed by atoms with Crippen LogP contribution in [0.3, 0.4) is 0 Å². The molecule has 4 bridgehead atoms. The predicted molar refractivity (Wildman–Crippen MR) is 89.4 cm³/mol. The number of Topliss-reactive ketones (excluding diaryl/α,β-unsaturated/α-hetero) is 1. The van der Waals surface area contributed by atoms with Gasteiger partial charge < -0.3 is 0 Å². The van der Waals surface area contributed by atoms with E-state index < -0.39 is 0 Å². The van der Waals surface area contributed by atoms with Crippen molar-refractivity contribution in [3.8, 4) is 0 Å². The summed E-state index contributed by atoms with van der Waals surface area (Å²) in [7, 11) is 0. The molecule has 4 aliphatic rings. The molecule has 0 N–H and O–H groups in total. The van der Waals surface area contributed by atoms with Crippen molar-refractivity contribution in [3.05, 3.63) is 39.9 Å². The van der Waals surface area contributed by atoms with Crippen molar-refractivity contribution in [2.45, 2.75) is 32.9 Å². The molecule has 6 heteroatoms. The zero-order valence-corrected chi connectivity index (χ0v) is 14.2. The van der Waals surface area contributed by atoms with Gasteiger partial charge in [-0.1, -0.05) is 32.4 Å².